The molecule has 1 aromatic heterocycles. The van der Waals surface area contributed by atoms with Gasteiger partial charge < -0.3 is 20.3 Å². The number of likely N-dealkylation sites (N-methyl/N-ethyl adjacent to an activating group) is 1. The van der Waals surface area contributed by atoms with Crippen molar-refractivity contribution < 1.29 is 4.74 Å². The summed E-state index contributed by atoms with van der Waals surface area (Å²) in [6.07, 6.45) is 1.85. The smallest absolute Gasteiger partial charge is 0.227 e. The van der Waals surface area contributed by atoms with E-state index in [0.717, 1.165) is 52.2 Å². The molecule has 3 aromatic carbocycles. The van der Waals surface area contributed by atoms with Crippen LogP contribution in [0.3, 0.4) is 0 Å². The van der Waals surface area contributed by atoms with E-state index in [2.05, 4.69) is 51.8 Å². The topological polar surface area (TPSA) is 62.3 Å². The number of anilines is 3. The summed E-state index contributed by atoms with van der Waals surface area (Å²) in [6.45, 7) is 2.11. The van der Waals surface area contributed by atoms with Gasteiger partial charge in [-0.15, -0.1) is 0 Å². The van der Waals surface area contributed by atoms with Crippen LogP contribution in [0.4, 0.5) is 17.3 Å². The molecule has 156 valence electrons. The molecular formula is C25H25N5O. The van der Waals surface area contributed by atoms with Gasteiger partial charge in [-0.25, -0.2) is 9.97 Å². The van der Waals surface area contributed by atoms with Gasteiger partial charge in [0.05, 0.1) is 24.4 Å². The van der Waals surface area contributed by atoms with Gasteiger partial charge in [-0.3, -0.25) is 0 Å². The average molecular weight is 412 g/mol. The summed E-state index contributed by atoms with van der Waals surface area (Å²) in [4.78, 5) is 11.6. The lowest BCUT2D eigenvalue weighted by Gasteiger charge is -2.37. The van der Waals surface area contributed by atoms with Crippen LogP contribution in [-0.4, -0.2) is 48.2 Å². The summed E-state index contributed by atoms with van der Waals surface area (Å²) in [7, 11) is 3.80. The molecule has 6 nitrogen and oxygen atoms in total. The van der Waals surface area contributed by atoms with E-state index in [1.807, 2.05) is 48.7 Å². The largest absolute Gasteiger partial charge is 0.494 e. The van der Waals surface area contributed by atoms with Gasteiger partial charge in [0, 0.05) is 42.0 Å². The summed E-state index contributed by atoms with van der Waals surface area (Å²) in [5.74, 6) is 1.29. The maximum atomic E-state index is 5.62. The van der Waals surface area contributed by atoms with Gasteiger partial charge >= 0.3 is 0 Å². The lowest BCUT2D eigenvalue weighted by molar-refractivity contribution is 0.205. The fourth-order valence-corrected chi connectivity index (χ4v) is 4.00. The Hall–Kier alpha value is -3.64. The van der Waals surface area contributed by atoms with E-state index < -0.39 is 0 Å². The summed E-state index contributed by atoms with van der Waals surface area (Å²) < 4.78 is 5.62. The van der Waals surface area contributed by atoms with E-state index in [9.17, 15) is 0 Å². The van der Waals surface area contributed by atoms with E-state index in [4.69, 9.17) is 9.72 Å². The summed E-state index contributed by atoms with van der Waals surface area (Å²) >= 11 is 0. The van der Waals surface area contributed by atoms with Crippen LogP contribution >= 0.6 is 0 Å². The molecule has 0 amide bonds. The second-order valence-corrected chi connectivity index (χ2v) is 7.91. The molecule has 31 heavy (non-hydrogen) atoms. The number of nitrogens with zero attached hydrogens (tertiary/aromatic N) is 3. The van der Waals surface area contributed by atoms with E-state index >= 15 is 0 Å². The number of methoxy groups -OCH3 is 1. The monoisotopic (exact) mass is 411 g/mol. The van der Waals surface area contributed by atoms with Crippen LogP contribution in [0, 0.1) is 0 Å². The Morgan fingerprint density at radius 1 is 1.00 bits per heavy atom. The molecule has 2 heterocycles. The molecule has 1 fully saturated rings. The molecule has 2 N–H and O–H groups in total. The maximum Gasteiger partial charge on any atom is 0.227 e. The molecule has 1 saturated heterocycles. The van der Waals surface area contributed by atoms with Crippen LogP contribution < -0.4 is 15.4 Å². The Labute approximate surface area is 181 Å². The van der Waals surface area contributed by atoms with Crippen molar-refractivity contribution >= 4 is 28.2 Å². The predicted octanol–water partition coefficient (Wildman–Crippen LogP) is 4.77. The minimum Gasteiger partial charge on any atom is -0.494 e. The van der Waals surface area contributed by atoms with Crippen molar-refractivity contribution in [3.8, 4) is 16.9 Å². The van der Waals surface area contributed by atoms with Crippen LogP contribution in [0.1, 0.15) is 0 Å². The fourth-order valence-electron chi connectivity index (χ4n) is 4.00. The van der Waals surface area contributed by atoms with Crippen LogP contribution in [0.25, 0.3) is 22.0 Å². The number of hydrogen-bond acceptors (Lipinski definition) is 6. The SMILES string of the molecule is COc1cc(NC2CN(C)C2)ccc1Nc1ncc2cccc(-c3ccccc3)c2n1. The standard InChI is InChI=1S/C25H25N5O/c1-30-15-20(16-30)27-19-11-12-22(23(13-19)31-2)28-25-26-14-18-9-6-10-21(24(18)29-25)17-7-4-3-5-8-17/h3-14,20,27H,15-16H2,1-2H3,(H,26,28,29). The third kappa shape index (κ3) is 4.02. The third-order valence-electron chi connectivity index (χ3n) is 5.58. The molecule has 1 aliphatic rings. The number of likely N-dealkylation sites (tertiary alicyclic amines) is 1. The van der Waals surface area contributed by atoms with Crippen LogP contribution in [0.5, 0.6) is 5.75 Å². The number of benzene rings is 3. The Balaban J connectivity index is 1.43. The minimum absolute atomic E-state index is 0.480. The molecule has 0 bridgehead atoms. The Morgan fingerprint density at radius 3 is 2.61 bits per heavy atom. The number of ether oxygens (including phenoxy) is 1. The normalized spacial score (nSPS) is 14.3. The number of rotatable bonds is 6. The van der Waals surface area contributed by atoms with Gasteiger partial charge in [-0.05, 0) is 24.7 Å². The number of nitrogens with one attached hydrogen (secondary N) is 2. The zero-order valence-corrected chi connectivity index (χ0v) is 17.7. The molecule has 5 rings (SSSR count). The van der Waals surface area contributed by atoms with E-state index in [1.165, 1.54) is 0 Å². The van der Waals surface area contributed by atoms with Crippen molar-refractivity contribution in [3.05, 3.63) is 72.9 Å². The zero-order chi connectivity index (χ0) is 21.2. The molecule has 6 heteroatoms. The molecule has 0 atom stereocenters. The van der Waals surface area contributed by atoms with Gasteiger partial charge in [0.2, 0.25) is 5.95 Å². The van der Waals surface area contributed by atoms with Crippen molar-refractivity contribution in [1.82, 2.24) is 14.9 Å². The average Bonchev–Trinajstić information content (AvgIpc) is 2.79. The fraction of sp³-hybridized carbons (Fsp3) is 0.200. The third-order valence-corrected chi connectivity index (χ3v) is 5.58. The first kappa shape index (κ1) is 19.3. The van der Waals surface area contributed by atoms with E-state index in [0.29, 0.717) is 12.0 Å². The van der Waals surface area contributed by atoms with E-state index in [1.54, 1.807) is 7.11 Å². The van der Waals surface area contributed by atoms with Crippen molar-refractivity contribution in [2.24, 2.45) is 0 Å². The van der Waals surface area contributed by atoms with Crippen LogP contribution in [0.15, 0.2) is 72.9 Å². The van der Waals surface area contributed by atoms with Gasteiger partial charge in [-0.2, -0.15) is 0 Å². The first-order valence-electron chi connectivity index (χ1n) is 10.4. The van der Waals surface area contributed by atoms with E-state index in [-0.39, 0.29) is 0 Å². The number of aromatic nitrogens is 2. The number of fused-ring (bicyclic) bond motifs is 1. The van der Waals surface area contributed by atoms with Crippen molar-refractivity contribution in [3.63, 3.8) is 0 Å². The predicted molar refractivity (Wildman–Crippen MR) is 126 cm³/mol. The second kappa shape index (κ2) is 8.24. The quantitative estimate of drug-likeness (QED) is 0.476. The molecule has 0 spiro atoms. The van der Waals surface area contributed by atoms with Gasteiger partial charge in [0.15, 0.2) is 0 Å². The van der Waals surface area contributed by atoms with Crippen molar-refractivity contribution in [2.75, 3.05) is 37.9 Å². The molecule has 1 aliphatic heterocycles. The Bertz CT molecular complexity index is 1210. The Morgan fingerprint density at radius 2 is 1.84 bits per heavy atom. The second-order valence-electron chi connectivity index (χ2n) is 7.91. The van der Waals surface area contributed by atoms with Crippen LogP contribution in [0.2, 0.25) is 0 Å². The minimum atomic E-state index is 0.480. The first-order valence-corrected chi connectivity index (χ1v) is 10.4. The van der Waals surface area contributed by atoms with Gasteiger partial charge in [0.25, 0.3) is 0 Å². The van der Waals surface area contributed by atoms with Gasteiger partial charge in [-0.1, -0.05) is 48.5 Å². The Kier molecular flexibility index (Phi) is 5.14. The molecular weight excluding hydrogens is 386 g/mol. The molecule has 0 aliphatic carbocycles. The molecule has 4 aromatic rings. The molecule has 0 unspecified atom stereocenters. The molecule has 0 radical (unpaired) electrons. The number of hydrogen-bond donors (Lipinski definition) is 2. The summed E-state index contributed by atoms with van der Waals surface area (Å²) in [5.41, 5.74) is 5.01. The summed E-state index contributed by atoms with van der Waals surface area (Å²) in [5, 5.41) is 7.87. The lowest BCUT2D eigenvalue weighted by atomic mass is 10.0. The van der Waals surface area contributed by atoms with Crippen molar-refractivity contribution in [1.29, 1.82) is 0 Å². The highest BCUT2D eigenvalue weighted by atomic mass is 16.5. The summed E-state index contributed by atoms with van der Waals surface area (Å²) in [6, 6.07) is 23.0. The number of para-hydroxylation sites is 1. The molecule has 0 saturated carbocycles. The lowest BCUT2D eigenvalue weighted by Crippen LogP contribution is -2.52. The van der Waals surface area contributed by atoms with Crippen LogP contribution in [-0.2, 0) is 0 Å². The van der Waals surface area contributed by atoms with Crippen molar-refractivity contribution in [2.45, 2.75) is 6.04 Å². The highest BCUT2D eigenvalue weighted by Crippen LogP contribution is 2.32. The highest BCUT2D eigenvalue weighted by molar-refractivity contribution is 5.93. The first-order chi connectivity index (χ1) is 15.2. The highest BCUT2D eigenvalue weighted by Gasteiger charge is 2.23. The zero-order valence-electron chi connectivity index (χ0n) is 17.7. The maximum absolute atomic E-state index is 5.62. The van der Waals surface area contributed by atoms with Gasteiger partial charge in [0.1, 0.15) is 5.75 Å².